The number of anilines is 1. The molecule has 3 nitrogen and oxygen atoms in total. The second kappa shape index (κ2) is 4.51. The van der Waals surface area contributed by atoms with Crippen LogP contribution in [0.15, 0.2) is 30.5 Å². The highest BCUT2D eigenvalue weighted by Crippen LogP contribution is 2.27. The highest BCUT2D eigenvalue weighted by molar-refractivity contribution is 5.68. The van der Waals surface area contributed by atoms with Crippen molar-refractivity contribution in [1.29, 1.82) is 0 Å². The molecule has 0 aliphatic rings. The molecule has 0 saturated carbocycles. The number of halogens is 1. The number of rotatable bonds is 2. The van der Waals surface area contributed by atoms with Crippen molar-refractivity contribution in [3.8, 4) is 11.3 Å². The van der Waals surface area contributed by atoms with Crippen LogP contribution in [0.3, 0.4) is 0 Å². The molecule has 4 heteroatoms. The Hall–Kier alpha value is -1.94. The molecule has 2 aromatic rings. The van der Waals surface area contributed by atoms with Crippen molar-refractivity contribution in [3.05, 3.63) is 47.4 Å². The topological polar surface area (TPSA) is 50.9 Å². The molecule has 0 bridgehead atoms. The second-order valence-corrected chi connectivity index (χ2v) is 4.01. The third-order valence-electron chi connectivity index (χ3n) is 2.61. The first-order valence-corrected chi connectivity index (χ1v) is 5.31. The molecule has 88 valence electrons. The monoisotopic (exact) mass is 231 g/mol. The van der Waals surface area contributed by atoms with Crippen LogP contribution < -0.4 is 11.3 Å². The summed E-state index contributed by atoms with van der Waals surface area (Å²) < 4.78 is 13.9. The van der Waals surface area contributed by atoms with Crippen molar-refractivity contribution in [2.75, 3.05) is 5.43 Å². The highest BCUT2D eigenvalue weighted by atomic mass is 19.1. The molecule has 0 amide bonds. The maximum Gasteiger partial charge on any atom is 0.133 e. The normalized spacial score (nSPS) is 10.4. The fraction of sp³-hybridized carbons (Fsp3) is 0.154. The van der Waals surface area contributed by atoms with E-state index >= 15 is 0 Å². The lowest BCUT2D eigenvalue weighted by Crippen LogP contribution is -2.07. The first-order valence-electron chi connectivity index (χ1n) is 5.31. The standard InChI is InChI=1S/C13H14FN3/c1-8-5-9(2)13(11(14)6-8)12-7-10(17-15)3-4-16-12/h3-7H,15H2,1-2H3,(H,16,17). The summed E-state index contributed by atoms with van der Waals surface area (Å²) in [5.74, 6) is 5.07. The molecule has 0 atom stereocenters. The molecule has 0 fully saturated rings. The summed E-state index contributed by atoms with van der Waals surface area (Å²) in [4.78, 5) is 4.17. The van der Waals surface area contributed by atoms with Crippen LogP contribution in [-0.2, 0) is 0 Å². The zero-order valence-electron chi connectivity index (χ0n) is 9.79. The van der Waals surface area contributed by atoms with E-state index in [1.165, 1.54) is 6.07 Å². The van der Waals surface area contributed by atoms with E-state index in [0.29, 0.717) is 16.9 Å². The summed E-state index contributed by atoms with van der Waals surface area (Å²) in [7, 11) is 0. The lowest BCUT2D eigenvalue weighted by Gasteiger charge is -2.09. The predicted molar refractivity (Wildman–Crippen MR) is 66.9 cm³/mol. The van der Waals surface area contributed by atoms with Gasteiger partial charge >= 0.3 is 0 Å². The SMILES string of the molecule is Cc1cc(C)c(-c2cc(NN)ccn2)c(F)c1. The van der Waals surface area contributed by atoms with E-state index in [9.17, 15) is 4.39 Å². The van der Waals surface area contributed by atoms with E-state index in [4.69, 9.17) is 5.84 Å². The molecule has 2 rings (SSSR count). The summed E-state index contributed by atoms with van der Waals surface area (Å²) in [6.07, 6.45) is 1.60. The first-order chi connectivity index (χ1) is 8.11. The van der Waals surface area contributed by atoms with Gasteiger partial charge in [0.1, 0.15) is 5.82 Å². The number of nitrogens with two attached hydrogens (primary N) is 1. The first kappa shape index (κ1) is 11.5. The van der Waals surface area contributed by atoms with Crippen molar-refractivity contribution in [2.24, 2.45) is 5.84 Å². The molecular formula is C13H14FN3. The Balaban J connectivity index is 2.60. The fourth-order valence-electron chi connectivity index (χ4n) is 1.90. The number of nitrogens with one attached hydrogen (secondary N) is 1. The Morgan fingerprint density at radius 2 is 2.00 bits per heavy atom. The minimum atomic E-state index is -0.260. The van der Waals surface area contributed by atoms with E-state index < -0.39 is 0 Å². The summed E-state index contributed by atoms with van der Waals surface area (Å²) in [6, 6.07) is 6.89. The zero-order valence-corrected chi connectivity index (χ0v) is 9.79. The van der Waals surface area contributed by atoms with Gasteiger partial charge in [-0.25, -0.2) is 4.39 Å². The van der Waals surface area contributed by atoms with Gasteiger partial charge in [0, 0.05) is 11.8 Å². The van der Waals surface area contributed by atoms with E-state index in [0.717, 1.165) is 11.1 Å². The summed E-state index contributed by atoms with van der Waals surface area (Å²) in [5, 5.41) is 0. The number of aromatic nitrogens is 1. The lowest BCUT2D eigenvalue weighted by atomic mass is 10.0. The molecule has 3 N–H and O–H groups in total. The van der Waals surface area contributed by atoms with Gasteiger partial charge < -0.3 is 5.43 Å². The van der Waals surface area contributed by atoms with Gasteiger partial charge in [0.05, 0.1) is 11.4 Å². The molecule has 1 aromatic carbocycles. The highest BCUT2D eigenvalue weighted by Gasteiger charge is 2.10. The van der Waals surface area contributed by atoms with Crippen molar-refractivity contribution >= 4 is 5.69 Å². The molecular weight excluding hydrogens is 217 g/mol. The van der Waals surface area contributed by atoms with Gasteiger partial charge in [0.15, 0.2) is 0 Å². The maximum atomic E-state index is 13.9. The molecule has 1 aromatic heterocycles. The molecule has 17 heavy (non-hydrogen) atoms. The van der Waals surface area contributed by atoms with Gasteiger partial charge in [0.25, 0.3) is 0 Å². The van der Waals surface area contributed by atoms with Gasteiger partial charge in [-0.05, 0) is 43.2 Å². The number of aryl methyl sites for hydroxylation is 2. The number of nitrogens with zero attached hydrogens (tertiary/aromatic N) is 1. The van der Waals surface area contributed by atoms with Crippen molar-refractivity contribution in [2.45, 2.75) is 13.8 Å². The van der Waals surface area contributed by atoms with Crippen LogP contribution in [0.25, 0.3) is 11.3 Å². The average molecular weight is 231 g/mol. The molecule has 0 spiro atoms. The number of hydrogen-bond donors (Lipinski definition) is 2. The smallest absolute Gasteiger partial charge is 0.133 e. The third-order valence-corrected chi connectivity index (χ3v) is 2.61. The zero-order chi connectivity index (χ0) is 12.4. The van der Waals surface area contributed by atoms with Crippen LogP contribution in [0.4, 0.5) is 10.1 Å². The van der Waals surface area contributed by atoms with Crippen molar-refractivity contribution in [1.82, 2.24) is 4.98 Å². The Bertz CT molecular complexity index is 529. The average Bonchev–Trinajstić information content (AvgIpc) is 2.28. The Morgan fingerprint density at radius 3 is 2.65 bits per heavy atom. The minimum absolute atomic E-state index is 0.260. The number of hydrazine groups is 1. The quantitative estimate of drug-likeness (QED) is 0.617. The van der Waals surface area contributed by atoms with Crippen LogP contribution in [0.2, 0.25) is 0 Å². The van der Waals surface area contributed by atoms with Gasteiger partial charge in [-0.15, -0.1) is 0 Å². The van der Waals surface area contributed by atoms with E-state index in [1.807, 2.05) is 19.9 Å². The summed E-state index contributed by atoms with van der Waals surface area (Å²) in [5.41, 5.74) is 6.09. The van der Waals surface area contributed by atoms with Crippen molar-refractivity contribution < 1.29 is 4.39 Å². The van der Waals surface area contributed by atoms with Gasteiger partial charge in [-0.1, -0.05) is 6.07 Å². The van der Waals surface area contributed by atoms with E-state index in [-0.39, 0.29) is 5.82 Å². The molecule has 0 aliphatic heterocycles. The Labute approximate surface area is 99.5 Å². The Kier molecular flexibility index (Phi) is 3.06. The van der Waals surface area contributed by atoms with Gasteiger partial charge in [-0.3, -0.25) is 10.8 Å². The Morgan fingerprint density at radius 1 is 1.24 bits per heavy atom. The second-order valence-electron chi connectivity index (χ2n) is 4.01. The molecule has 0 radical (unpaired) electrons. The predicted octanol–water partition coefficient (Wildman–Crippen LogP) is 2.79. The van der Waals surface area contributed by atoms with E-state index in [1.54, 1.807) is 18.3 Å². The summed E-state index contributed by atoms with van der Waals surface area (Å²) >= 11 is 0. The number of nitrogen functional groups attached to an aromatic ring is 1. The van der Waals surface area contributed by atoms with Crippen LogP contribution in [0, 0.1) is 19.7 Å². The number of benzene rings is 1. The minimum Gasteiger partial charge on any atom is -0.324 e. The largest absolute Gasteiger partial charge is 0.324 e. The van der Waals surface area contributed by atoms with Gasteiger partial charge in [0.2, 0.25) is 0 Å². The molecule has 0 saturated heterocycles. The molecule has 1 heterocycles. The van der Waals surface area contributed by atoms with Crippen LogP contribution in [0.5, 0.6) is 0 Å². The number of pyridine rings is 1. The van der Waals surface area contributed by atoms with Gasteiger partial charge in [-0.2, -0.15) is 0 Å². The maximum absolute atomic E-state index is 13.9. The lowest BCUT2D eigenvalue weighted by molar-refractivity contribution is 0.628. The molecule has 0 unspecified atom stereocenters. The van der Waals surface area contributed by atoms with Crippen LogP contribution in [0.1, 0.15) is 11.1 Å². The summed E-state index contributed by atoms with van der Waals surface area (Å²) in [6.45, 7) is 3.74. The fourth-order valence-corrected chi connectivity index (χ4v) is 1.90. The van der Waals surface area contributed by atoms with Crippen LogP contribution in [-0.4, -0.2) is 4.98 Å². The van der Waals surface area contributed by atoms with Crippen molar-refractivity contribution in [3.63, 3.8) is 0 Å². The molecule has 0 aliphatic carbocycles. The van der Waals surface area contributed by atoms with Crippen LogP contribution >= 0.6 is 0 Å². The number of hydrogen-bond acceptors (Lipinski definition) is 3. The van der Waals surface area contributed by atoms with E-state index in [2.05, 4.69) is 10.4 Å². The third kappa shape index (κ3) is 2.26.